The first-order valence-electron chi connectivity index (χ1n) is 13.4. The van der Waals surface area contributed by atoms with Crippen molar-refractivity contribution < 1.29 is 9.59 Å². The Labute approximate surface area is 224 Å². The molecule has 0 unspecified atom stereocenters. The molecular weight excluding hydrogens is 468 g/mol. The van der Waals surface area contributed by atoms with E-state index in [4.69, 9.17) is 0 Å². The standard InChI is InChI=1S/C34H32N2O2/c37-31(36-23-21-33(26-36,27-13-5-1-6-14-27)28-15-7-2-8-16-28)25-35-24-22-34(32(35)38,29-17-9-3-10-18-29)30-19-11-4-12-20-30/h1-20H,21-26H2. The maximum Gasteiger partial charge on any atom is 0.242 e. The Morgan fingerprint density at radius 1 is 0.605 bits per heavy atom. The second-order valence-electron chi connectivity index (χ2n) is 10.5. The number of hydrogen-bond donors (Lipinski definition) is 0. The van der Waals surface area contributed by atoms with Gasteiger partial charge in [0.15, 0.2) is 0 Å². The molecule has 0 N–H and O–H groups in total. The van der Waals surface area contributed by atoms with Crippen LogP contribution in [0.25, 0.3) is 0 Å². The van der Waals surface area contributed by atoms with Crippen LogP contribution in [-0.2, 0) is 20.4 Å². The lowest BCUT2D eigenvalue weighted by Crippen LogP contribution is -2.45. The molecule has 190 valence electrons. The molecule has 2 aliphatic heterocycles. The van der Waals surface area contributed by atoms with Gasteiger partial charge in [0.25, 0.3) is 0 Å². The predicted octanol–water partition coefficient (Wildman–Crippen LogP) is 5.42. The normalized spacial score (nSPS) is 18.1. The van der Waals surface area contributed by atoms with Crippen LogP contribution in [0.2, 0.25) is 0 Å². The SMILES string of the molecule is O=C(CN1CCC(c2ccccc2)(c2ccccc2)C1=O)N1CCC(c2ccccc2)(c2ccccc2)C1. The minimum absolute atomic E-state index is 0.0137. The number of nitrogens with zero attached hydrogens (tertiary/aromatic N) is 2. The second-order valence-corrected chi connectivity index (χ2v) is 10.5. The molecular formula is C34H32N2O2. The van der Waals surface area contributed by atoms with E-state index in [-0.39, 0.29) is 23.8 Å². The Morgan fingerprint density at radius 2 is 1.05 bits per heavy atom. The van der Waals surface area contributed by atoms with Gasteiger partial charge in [0, 0.05) is 25.0 Å². The van der Waals surface area contributed by atoms with Crippen LogP contribution < -0.4 is 0 Å². The van der Waals surface area contributed by atoms with Crippen LogP contribution in [0.15, 0.2) is 121 Å². The Balaban J connectivity index is 1.26. The van der Waals surface area contributed by atoms with Gasteiger partial charge < -0.3 is 9.80 Å². The number of carbonyl (C=O) groups is 2. The summed E-state index contributed by atoms with van der Waals surface area (Å²) in [5.74, 6) is 0.0313. The van der Waals surface area contributed by atoms with E-state index in [2.05, 4.69) is 48.5 Å². The lowest BCUT2D eigenvalue weighted by Gasteiger charge is -2.32. The van der Waals surface area contributed by atoms with Gasteiger partial charge in [-0.2, -0.15) is 0 Å². The maximum atomic E-state index is 14.1. The van der Waals surface area contributed by atoms with Crippen LogP contribution in [-0.4, -0.2) is 47.8 Å². The smallest absolute Gasteiger partial charge is 0.242 e. The van der Waals surface area contributed by atoms with Gasteiger partial charge in [0.1, 0.15) is 5.41 Å². The van der Waals surface area contributed by atoms with E-state index in [0.717, 1.165) is 17.5 Å². The first-order valence-corrected chi connectivity index (χ1v) is 13.4. The summed E-state index contributed by atoms with van der Waals surface area (Å²) < 4.78 is 0. The van der Waals surface area contributed by atoms with E-state index >= 15 is 0 Å². The first-order chi connectivity index (χ1) is 18.6. The third kappa shape index (κ3) is 4.01. The number of rotatable bonds is 6. The molecule has 0 radical (unpaired) electrons. The summed E-state index contributed by atoms with van der Waals surface area (Å²) >= 11 is 0. The van der Waals surface area contributed by atoms with Crippen LogP contribution in [0.4, 0.5) is 0 Å². The minimum atomic E-state index is -0.758. The molecule has 0 aromatic heterocycles. The van der Waals surface area contributed by atoms with Crippen LogP contribution in [0, 0.1) is 0 Å². The molecule has 0 bridgehead atoms. The third-order valence-electron chi connectivity index (χ3n) is 8.54. The topological polar surface area (TPSA) is 40.6 Å². The highest BCUT2D eigenvalue weighted by atomic mass is 16.2. The average molecular weight is 501 g/mol. The van der Waals surface area contributed by atoms with Crippen molar-refractivity contribution in [2.75, 3.05) is 26.2 Å². The molecule has 4 heteroatoms. The molecule has 0 saturated carbocycles. The molecule has 0 atom stereocenters. The van der Waals surface area contributed by atoms with Gasteiger partial charge in [0.05, 0.1) is 6.54 Å². The molecule has 38 heavy (non-hydrogen) atoms. The molecule has 2 amide bonds. The zero-order valence-electron chi connectivity index (χ0n) is 21.5. The number of benzene rings is 4. The quantitative estimate of drug-likeness (QED) is 0.355. The van der Waals surface area contributed by atoms with Crippen LogP contribution in [0.3, 0.4) is 0 Å². The Morgan fingerprint density at radius 3 is 1.53 bits per heavy atom. The zero-order chi connectivity index (χ0) is 26.0. The van der Waals surface area contributed by atoms with Crippen LogP contribution in [0.5, 0.6) is 0 Å². The molecule has 4 nitrogen and oxygen atoms in total. The van der Waals surface area contributed by atoms with Gasteiger partial charge in [-0.05, 0) is 35.1 Å². The highest BCUT2D eigenvalue weighted by Gasteiger charge is 2.50. The molecule has 2 heterocycles. The minimum Gasteiger partial charge on any atom is -0.340 e. The van der Waals surface area contributed by atoms with Gasteiger partial charge in [-0.1, -0.05) is 121 Å². The van der Waals surface area contributed by atoms with Crippen molar-refractivity contribution in [2.45, 2.75) is 23.7 Å². The summed E-state index contributed by atoms with van der Waals surface area (Å²) in [5, 5.41) is 0. The molecule has 4 aromatic carbocycles. The van der Waals surface area contributed by atoms with Gasteiger partial charge >= 0.3 is 0 Å². The van der Waals surface area contributed by atoms with Crippen molar-refractivity contribution >= 4 is 11.8 Å². The highest BCUT2D eigenvalue weighted by Crippen LogP contribution is 2.43. The third-order valence-corrected chi connectivity index (χ3v) is 8.54. The summed E-state index contributed by atoms with van der Waals surface area (Å²) in [7, 11) is 0. The number of carbonyl (C=O) groups excluding carboxylic acids is 2. The van der Waals surface area contributed by atoms with Gasteiger partial charge in [-0.25, -0.2) is 0 Å². The van der Waals surface area contributed by atoms with Crippen molar-refractivity contribution in [3.05, 3.63) is 144 Å². The number of hydrogen-bond acceptors (Lipinski definition) is 2. The summed E-state index contributed by atoms with van der Waals surface area (Å²) in [6.45, 7) is 1.96. The monoisotopic (exact) mass is 500 g/mol. The van der Waals surface area contributed by atoms with E-state index in [0.29, 0.717) is 26.1 Å². The molecule has 2 fully saturated rings. The van der Waals surface area contributed by atoms with Crippen molar-refractivity contribution in [3.63, 3.8) is 0 Å². The van der Waals surface area contributed by atoms with E-state index in [1.807, 2.05) is 77.7 Å². The highest BCUT2D eigenvalue weighted by molar-refractivity contribution is 5.96. The van der Waals surface area contributed by atoms with Crippen molar-refractivity contribution in [2.24, 2.45) is 0 Å². The number of likely N-dealkylation sites (tertiary alicyclic amines) is 2. The van der Waals surface area contributed by atoms with E-state index in [1.165, 1.54) is 11.1 Å². The second kappa shape index (κ2) is 9.94. The summed E-state index contributed by atoms with van der Waals surface area (Å²) in [6, 6.07) is 41.0. The summed E-state index contributed by atoms with van der Waals surface area (Å²) in [4.78, 5) is 31.5. The molecule has 6 rings (SSSR count). The van der Waals surface area contributed by atoms with Crippen LogP contribution in [0.1, 0.15) is 35.1 Å². The molecule has 2 saturated heterocycles. The molecule has 0 aliphatic carbocycles. The van der Waals surface area contributed by atoms with Gasteiger partial charge in [-0.15, -0.1) is 0 Å². The molecule has 0 spiro atoms. The largest absolute Gasteiger partial charge is 0.340 e. The molecule has 4 aromatic rings. The van der Waals surface area contributed by atoms with Crippen LogP contribution >= 0.6 is 0 Å². The maximum absolute atomic E-state index is 14.1. The van der Waals surface area contributed by atoms with E-state index in [1.54, 1.807) is 4.90 Å². The zero-order valence-corrected chi connectivity index (χ0v) is 21.5. The lowest BCUT2D eigenvalue weighted by atomic mass is 9.73. The van der Waals surface area contributed by atoms with Crippen molar-refractivity contribution in [1.82, 2.24) is 9.80 Å². The van der Waals surface area contributed by atoms with Crippen molar-refractivity contribution in [1.29, 1.82) is 0 Å². The molecule has 2 aliphatic rings. The van der Waals surface area contributed by atoms with Gasteiger partial charge in [0.2, 0.25) is 11.8 Å². The Hall–Kier alpha value is -4.18. The predicted molar refractivity (Wildman–Crippen MR) is 150 cm³/mol. The fourth-order valence-electron chi connectivity index (χ4n) is 6.52. The average Bonchev–Trinajstić information content (AvgIpc) is 3.59. The lowest BCUT2D eigenvalue weighted by molar-refractivity contribution is -0.139. The van der Waals surface area contributed by atoms with E-state index < -0.39 is 5.41 Å². The van der Waals surface area contributed by atoms with E-state index in [9.17, 15) is 9.59 Å². The van der Waals surface area contributed by atoms with Crippen molar-refractivity contribution in [3.8, 4) is 0 Å². The number of amides is 2. The first kappa shape index (κ1) is 24.2. The fourth-order valence-corrected chi connectivity index (χ4v) is 6.52. The Bertz CT molecular complexity index is 1330. The summed E-state index contributed by atoms with van der Waals surface area (Å²) in [6.07, 6.45) is 1.52. The fraction of sp³-hybridized carbons (Fsp3) is 0.235. The Kier molecular flexibility index (Phi) is 6.32. The summed E-state index contributed by atoms with van der Waals surface area (Å²) in [5.41, 5.74) is 3.42. The van der Waals surface area contributed by atoms with Gasteiger partial charge in [-0.3, -0.25) is 9.59 Å².